The molecular formula is C16H15NO4. The molecule has 5 heteroatoms. The summed E-state index contributed by atoms with van der Waals surface area (Å²) in [5.74, 6) is 0.681. The largest absolute Gasteiger partial charge is 0.489 e. The van der Waals surface area contributed by atoms with E-state index in [1.165, 1.54) is 6.07 Å². The number of ether oxygens (including phenoxy) is 2. The minimum absolute atomic E-state index is 0.0812. The van der Waals surface area contributed by atoms with Gasteiger partial charge in [-0.05, 0) is 11.6 Å². The van der Waals surface area contributed by atoms with E-state index in [9.17, 15) is 10.1 Å². The standard InChI is InChI=1S/C16H15NO4/c18-17(19)14-6-7-16(13(8-14)9-15-11-20-15)21-10-12-4-2-1-3-5-12/h1-8,15H,9-11H2. The first-order valence-corrected chi connectivity index (χ1v) is 6.78. The van der Waals surface area contributed by atoms with Crippen molar-refractivity contribution in [3.63, 3.8) is 0 Å². The fraction of sp³-hybridized carbons (Fsp3) is 0.250. The average Bonchev–Trinajstić information content (AvgIpc) is 3.31. The zero-order valence-electron chi connectivity index (χ0n) is 11.4. The molecule has 1 unspecified atom stereocenters. The highest BCUT2D eigenvalue weighted by Crippen LogP contribution is 2.29. The maximum absolute atomic E-state index is 10.9. The third-order valence-corrected chi connectivity index (χ3v) is 3.34. The molecule has 1 fully saturated rings. The number of benzene rings is 2. The molecule has 5 nitrogen and oxygen atoms in total. The van der Waals surface area contributed by atoms with Gasteiger partial charge in [-0.15, -0.1) is 0 Å². The van der Waals surface area contributed by atoms with Gasteiger partial charge in [0.25, 0.3) is 5.69 Å². The summed E-state index contributed by atoms with van der Waals surface area (Å²) in [6.45, 7) is 1.15. The molecule has 1 heterocycles. The lowest BCUT2D eigenvalue weighted by atomic mass is 10.1. The number of nitro groups is 1. The smallest absolute Gasteiger partial charge is 0.269 e. The fourth-order valence-electron chi connectivity index (χ4n) is 2.15. The van der Waals surface area contributed by atoms with Crippen LogP contribution >= 0.6 is 0 Å². The molecule has 0 aromatic heterocycles. The normalized spacial score (nSPS) is 16.5. The topological polar surface area (TPSA) is 64.9 Å². The van der Waals surface area contributed by atoms with Gasteiger partial charge in [0, 0.05) is 24.1 Å². The van der Waals surface area contributed by atoms with Crippen molar-refractivity contribution < 1.29 is 14.4 Å². The van der Waals surface area contributed by atoms with E-state index < -0.39 is 4.92 Å². The molecule has 2 aromatic rings. The van der Waals surface area contributed by atoms with Crippen molar-refractivity contribution in [2.24, 2.45) is 0 Å². The van der Waals surface area contributed by atoms with Crippen LogP contribution in [0.2, 0.25) is 0 Å². The highest BCUT2D eigenvalue weighted by molar-refractivity contribution is 5.44. The van der Waals surface area contributed by atoms with Gasteiger partial charge < -0.3 is 9.47 Å². The van der Waals surface area contributed by atoms with E-state index in [0.29, 0.717) is 25.4 Å². The Balaban J connectivity index is 1.77. The second-order valence-electron chi connectivity index (χ2n) is 4.98. The van der Waals surface area contributed by atoms with Gasteiger partial charge in [-0.1, -0.05) is 30.3 Å². The third kappa shape index (κ3) is 3.58. The van der Waals surface area contributed by atoms with Crippen LogP contribution in [0.15, 0.2) is 48.5 Å². The van der Waals surface area contributed by atoms with Gasteiger partial charge in [0.1, 0.15) is 12.4 Å². The number of rotatable bonds is 6. The molecule has 108 valence electrons. The predicted molar refractivity (Wildman–Crippen MR) is 77.3 cm³/mol. The second kappa shape index (κ2) is 5.93. The summed E-state index contributed by atoms with van der Waals surface area (Å²) in [6.07, 6.45) is 0.803. The van der Waals surface area contributed by atoms with E-state index in [-0.39, 0.29) is 11.8 Å². The molecule has 21 heavy (non-hydrogen) atoms. The highest BCUT2D eigenvalue weighted by atomic mass is 16.6. The van der Waals surface area contributed by atoms with Crippen molar-refractivity contribution in [2.75, 3.05) is 6.61 Å². The van der Waals surface area contributed by atoms with Crippen LogP contribution in [0.5, 0.6) is 5.75 Å². The summed E-state index contributed by atoms with van der Waals surface area (Å²) in [5.41, 5.74) is 1.96. The van der Waals surface area contributed by atoms with Crippen molar-refractivity contribution >= 4 is 5.69 Å². The van der Waals surface area contributed by atoms with Crippen LogP contribution in [0, 0.1) is 10.1 Å². The molecule has 1 saturated heterocycles. The van der Waals surface area contributed by atoms with Gasteiger partial charge in [0.2, 0.25) is 0 Å². The Morgan fingerprint density at radius 3 is 2.67 bits per heavy atom. The zero-order chi connectivity index (χ0) is 14.7. The lowest BCUT2D eigenvalue weighted by Crippen LogP contribution is -2.02. The van der Waals surface area contributed by atoms with Crippen molar-refractivity contribution in [1.29, 1.82) is 0 Å². The molecule has 1 atom stereocenters. The summed E-state index contributed by atoms with van der Waals surface area (Å²) in [5, 5.41) is 10.9. The summed E-state index contributed by atoms with van der Waals surface area (Å²) < 4.78 is 11.0. The molecule has 0 N–H and O–H groups in total. The molecule has 2 aromatic carbocycles. The van der Waals surface area contributed by atoms with E-state index in [4.69, 9.17) is 9.47 Å². The summed E-state index contributed by atoms with van der Waals surface area (Å²) in [7, 11) is 0. The molecule has 0 amide bonds. The molecule has 0 spiro atoms. The summed E-state index contributed by atoms with van der Waals surface area (Å²) in [4.78, 5) is 10.5. The predicted octanol–water partition coefficient (Wildman–Crippen LogP) is 3.12. The van der Waals surface area contributed by atoms with Crippen LogP contribution in [-0.4, -0.2) is 17.6 Å². The van der Waals surface area contributed by atoms with E-state index in [0.717, 1.165) is 11.1 Å². The lowest BCUT2D eigenvalue weighted by molar-refractivity contribution is -0.384. The number of nitrogens with zero attached hydrogens (tertiary/aromatic N) is 1. The number of hydrogen-bond donors (Lipinski definition) is 0. The Morgan fingerprint density at radius 2 is 2.00 bits per heavy atom. The van der Waals surface area contributed by atoms with E-state index in [1.54, 1.807) is 12.1 Å². The number of non-ortho nitro benzene ring substituents is 1. The van der Waals surface area contributed by atoms with Crippen LogP contribution < -0.4 is 4.74 Å². The van der Waals surface area contributed by atoms with Crippen LogP contribution in [-0.2, 0) is 17.8 Å². The van der Waals surface area contributed by atoms with E-state index >= 15 is 0 Å². The van der Waals surface area contributed by atoms with Gasteiger partial charge in [0.15, 0.2) is 0 Å². The van der Waals surface area contributed by atoms with Crippen LogP contribution in [0.4, 0.5) is 5.69 Å². The molecule has 3 rings (SSSR count). The first kappa shape index (κ1) is 13.6. The average molecular weight is 285 g/mol. The molecule has 0 radical (unpaired) electrons. The molecule has 0 aliphatic carbocycles. The Kier molecular flexibility index (Phi) is 3.83. The number of epoxide rings is 1. The van der Waals surface area contributed by atoms with Gasteiger partial charge in [-0.25, -0.2) is 0 Å². The van der Waals surface area contributed by atoms with Crippen LogP contribution in [0.3, 0.4) is 0 Å². The lowest BCUT2D eigenvalue weighted by Gasteiger charge is -2.11. The van der Waals surface area contributed by atoms with Crippen molar-refractivity contribution in [2.45, 2.75) is 19.1 Å². The first-order chi connectivity index (χ1) is 10.2. The van der Waals surface area contributed by atoms with Crippen molar-refractivity contribution in [1.82, 2.24) is 0 Å². The summed E-state index contributed by atoms with van der Waals surface area (Å²) >= 11 is 0. The fourth-order valence-corrected chi connectivity index (χ4v) is 2.15. The number of hydrogen-bond acceptors (Lipinski definition) is 4. The second-order valence-corrected chi connectivity index (χ2v) is 4.98. The number of nitro benzene ring substituents is 1. The van der Waals surface area contributed by atoms with Gasteiger partial charge in [-0.2, -0.15) is 0 Å². The van der Waals surface area contributed by atoms with E-state index in [2.05, 4.69) is 0 Å². The molecule has 1 aliphatic heterocycles. The van der Waals surface area contributed by atoms with Crippen LogP contribution in [0.25, 0.3) is 0 Å². The van der Waals surface area contributed by atoms with Crippen molar-refractivity contribution in [3.05, 3.63) is 69.8 Å². The Bertz CT molecular complexity index is 638. The summed E-state index contributed by atoms with van der Waals surface area (Å²) in [6, 6.07) is 14.5. The van der Waals surface area contributed by atoms with Crippen molar-refractivity contribution in [3.8, 4) is 5.75 Å². The molecular weight excluding hydrogens is 270 g/mol. The van der Waals surface area contributed by atoms with Gasteiger partial charge >= 0.3 is 0 Å². The molecule has 1 aliphatic rings. The van der Waals surface area contributed by atoms with Crippen LogP contribution in [0.1, 0.15) is 11.1 Å². The maximum Gasteiger partial charge on any atom is 0.269 e. The van der Waals surface area contributed by atoms with E-state index in [1.807, 2.05) is 30.3 Å². The third-order valence-electron chi connectivity index (χ3n) is 3.34. The first-order valence-electron chi connectivity index (χ1n) is 6.78. The minimum Gasteiger partial charge on any atom is -0.489 e. The van der Waals surface area contributed by atoms with Gasteiger partial charge in [-0.3, -0.25) is 10.1 Å². The highest BCUT2D eigenvalue weighted by Gasteiger charge is 2.25. The minimum atomic E-state index is -0.391. The Hall–Kier alpha value is -2.40. The quantitative estimate of drug-likeness (QED) is 0.464. The van der Waals surface area contributed by atoms with Gasteiger partial charge in [0.05, 0.1) is 17.6 Å². The molecule has 0 bridgehead atoms. The Morgan fingerprint density at radius 1 is 1.24 bits per heavy atom. The maximum atomic E-state index is 10.9. The SMILES string of the molecule is O=[N+]([O-])c1ccc(OCc2ccccc2)c(CC2CO2)c1. The molecule has 0 saturated carbocycles. The zero-order valence-corrected chi connectivity index (χ0v) is 11.4. The monoisotopic (exact) mass is 285 g/mol. The Labute approximate surface area is 122 Å².